The third kappa shape index (κ3) is 3.66. The van der Waals surface area contributed by atoms with Crippen molar-refractivity contribution in [2.75, 3.05) is 14.2 Å². The van der Waals surface area contributed by atoms with Gasteiger partial charge in [-0.3, -0.25) is 11.3 Å². The van der Waals surface area contributed by atoms with Gasteiger partial charge in [0.05, 0.1) is 14.2 Å². The minimum absolute atomic E-state index is 0.0608. The lowest BCUT2D eigenvalue weighted by molar-refractivity contribution is 0.353. The van der Waals surface area contributed by atoms with Gasteiger partial charge in [0.1, 0.15) is 0 Å². The normalized spacial score (nSPS) is 11.3. The molecule has 1 aromatic rings. The van der Waals surface area contributed by atoms with Crippen molar-refractivity contribution in [3.63, 3.8) is 0 Å². The van der Waals surface area contributed by atoms with E-state index in [1.54, 1.807) is 14.2 Å². The Hall–Kier alpha value is -1.70. The lowest BCUT2D eigenvalue weighted by Gasteiger charge is -2.17. The molecule has 4 heteroatoms. The van der Waals surface area contributed by atoms with Gasteiger partial charge in [-0.15, -0.1) is 11.8 Å². The van der Waals surface area contributed by atoms with Gasteiger partial charge in [0.2, 0.25) is 0 Å². The Morgan fingerprint density at radius 2 is 2.00 bits per heavy atom. The fourth-order valence-corrected chi connectivity index (χ4v) is 1.76. The Labute approximate surface area is 108 Å². The summed E-state index contributed by atoms with van der Waals surface area (Å²) in [6.07, 6.45) is 1.66. The molecule has 0 aliphatic carbocycles. The number of nitrogens with one attached hydrogen (secondary N) is 1. The van der Waals surface area contributed by atoms with E-state index in [0.717, 1.165) is 18.4 Å². The van der Waals surface area contributed by atoms with E-state index in [9.17, 15) is 0 Å². The van der Waals surface area contributed by atoms with Crippen molar-refractivity contribution < 1.29 is 9.47 Å². The molecule has 3 N–H and O–H groups in total. The highest BCUT2D eigenvalue weighted by atomic mass is 16.5. The number of nitrogens with two attached hydrogens (primary N) is 1. The number of hydrazine groups is 1. The second kappa shape index (κ2) is 7.59. The van der Waals surface area contributed by atoms with E-state index in [-0.39, 0.29) is 6.04 Å². The molecule has 0 aromatic heterocycles. The molecular formula is C14H20N2O2. The summed E-state index contributed by atoms with van der Waals surface area (Å²) in [4.78, 5) is 0. The largest absolute Gasteiger partial charge is 0.493 e. The first kappa shape index (κ1) is 14.4. The lowest BCUT2D eigenvalue weighted by atomic mass is 10.0. The van der Waals surface area contributed by atoms with Gasteiger partial charge in [-0.2, -0.15) is 0 Å². The van der Waals surface area contributed by atoms with Crippen LogP contribution in [0, 0.1) is 11.8 Å². The summed E-state index contributed by atoms with van der Waals surface area (Å²) in [5.74, 6) is 12.9. The van der Waals surface area contributed by atoms with Crippen LogP contribution in [0.4, 0.5) is 0 Å². The monoisotopic (exact) mass is 248 g/mol. The zero-order valence-electron chi connectivity index (χ0n) is 11.1. The topological polar surface area (TPSA) is 56.5 Å². The molecule has 0 aliphatic rings. The molecular weight excluding hydrogens is 228 g/mol. The van der Waals surface area contributed by atoms with Crippen LogP contribution in [0.5, 0.6) is 11.5 Å². The molecule has 1 unspecified atom stereocenters. The SMILES string of the molecule is CC#CCCC(NN)c1ccc(OC)c(OC)c1. The van der Waals surface area contributed by atoms with Crippen LogP contribution in [0.2, 0.25) is 0 Å². The Kier molecular flexibility index (Phi) is 6.06. The molecule has 1 aromatic carbocycles. The number of hydrogen-bond acceptors (Lipinski definition) is 4. The Morgan fingerprint density at radius 1 is 1.28 bits per heavy atom. The Balaban J connectivity index is 2.87. The lowest BCUT2D eigenvalue weighted by Crippen LogP contribution is -2.27. The van der Waals surface area contributed by atoms with E-state index in [1.165, 1.54) is 0 Å². The molecule has 0 fully saturated rings. The number of ether oxygens (including phenoxy) is 2. The summed E-state index contributed by atoms with van der Waals surface area (Å²) in [5, 5.41) is 0. The number of rotatable bonds is 6. The van der Waals surface area contributed by atoms with Gasteiger partial charge in [-0.1, -0.05) is 6.07 Å². The van der Waals surface area contributed by atoms with E-state index in [2.05, 4.69) is 17.3 Å². The third-order valence-electron chi connectivity index (χ3n) is 2.75. The van der Waals surface area contributed by atoms with Crippen molar-refractivity contribution in [2.24, 2.45) is 5.84 Å². The van der Waals surface area contributed by atoms with Crippen molar-refractivity contribution in [2.45, 2.75) is 25.8 Å². The third-order valence-corrected chi connectivity index (χ3v) is 2.75. The number of hydrogen-bond donors (Lipinski definition) is 2. The first-order chi connectivity index (χ1) is 8.76. The van der Waals surface area contributed by atoms with Gasteiger partial charge < -0.3 is 9.47 Å². The quantitative estimate of drug-likeness (QED) is 0.459. The summed E-state index contributed by atoms with van der Waals surface area (Å²) in [6, 6.07) is 5.85. The highest BCUT2D eigenvalue weighted by Gasteiger charge is 2.12. The highest BCUT2D eigenvalue weighted by molar-refractivity contribution is 5.43. The van der Waals surface area contributed by atoms with Gasteiger partial charge in [0, 0.05) is 12.5 Å². The highest BCUT2D eigenvalue weighted by Crippen LogP contribution is 2.30. The summed E-state index contributed by atoms with van der Waals surface area (Å²) in [5.41, 5.74) is 3.86. The van der Waals surface area contributed by atoms with Crippen LogP contribution in [0.3, 0.4) is 0 Å². The van der Waals surface area contributed by atoms with E-state index in [1.807, 2.05) is 25.1 Å². The van der Waals surface area contributed by atoms with Crippen LogP contribution >= 0.6 is 0 Å². The molecule has 0 heterocycles. The second-order valence-electron chi connectivity index (χ2n) is 3.80. The Morgan fingerprint density at radius 3 is 2.56 bits per heavy atom. The van der Waals surface area contributed by atoms with Gasteiger partial charge in [-0.25, -0.2) is 0 Å². The molecule has 18 heavy (non-hydrogen) atoms. The standard InChI is InChI=1S/C14H20N2O2/c1-4-5-6-7-12(16-15)11-8-9-13(17-2)14(10-11)18-3/h8-10,12,16H,6-7,15H2,1-3H3. The maximum atomic E-state index is 5.58. The van der Waals surface area contributed by atoms with E-state index < -0.39 is 0 Å². The molecule has 1 rings (SSSR count). The van der Waals surface area contributed by atoms with Crippen LogP contribution in [-0.2, 0) is 0 Å². The first-order valence-corrected chi connectivity index (χ1v) is 5.84. The zero-order valence-corrected chi connectivity index (χ0v) is 11.1. The zero-order chi connectivity index (χ0) is 13.4. The Bertz CT molecular complexity index is 435. The molecule has 0 bridgehead atoms. The minimum Gasteiger partial charge on any atom is -0.493 e. The predicted molar refractivity (Wildman–Crippen MR) is 72.3 cm³/mol. The average molecular weight is 248 g/mol. The predicted octanol–water partition coefficient (Wildman–Crippen LogP) is 2.01. The molecule has 0 radical (unpaired) electrons. The smallest absolute Gasteiger partial charge is 0.161 e. The summed E-state index contributed by atoms with van der Waals surface area (Å²) >= 11 is 0. The molecule has 98 valence electrons. The minimum atomic E-state index is 0.0608. The average Bonchev–Trinajstić information content (AvgIpc) is 2.43. The fraction of sp³-hybridized carbons (Fsp3) is 0.429. The van der Waals surface area contributed by atoms with E-state index in [0.29, 0.717) is 11.5 Å². The van der Waals surface area contributed by atoms with Gasteiger partial charge >= 0.3 is 0 Å². The summed E-state index contributed by atoms with van der Waals surface area (Å²) < 4.78 is 10.5. The van der Waals surface area contributed by atoms with Crippen molar-refractivity contribution in [3.8, 4) is 23.3 Å². The van der Waals surface area contributed by atoms with Crippen molar-refractivity contribution >= 4 is 0 Å². The summed E-state index contributed by atoms with van der Waals surface area (Å²) in [7, 11) is 3.24. The molecule has 4 nitrogen and oxygen atoms in total. The van der Waals surface area contributed by atoms with Crippen LogP contribution in [0.25, 0.3) is 0 Å². The molecule has 0 amide bonds. The fourth-order valence-electron chi connectivity index (χ4n) is 1.76. The van der Waals surface area contributed by atoms with Crippen LogP contribution in [0.1, 0.15) is 31.4 Å². The molecule has 1 atom stereocenters. The number of benzene rings is 1. The molecule has 0 saturated carbocycles. The molecule has 0 aliphatic heterocycles. The van der Waals surface area contributed by atoms with Gasteiger partial charge in [-0.05, 0) is 31.0 Å². The van der Waals surface area contributed by atoms with Crippen molar-refractivity contribution in [1.29, 1.82) is 0 Å². The van der Waals surface area contributed by atoms with Crippen molar-refractivity contribution in [1.82, 2.24) is 5.43 Å². The maximum Gasteiger partial charge on any atom is 0.161 e. The second-order valence-corrected chi connectivity index (χ2v) is 3.80. The maximum absolute atomic E-state index is 5.58. The van der Waals surface area contributed by atoms with Gasteiger partial charge in [0.15, 0.2) is 11.5 Å². The number of methoxy groups -OCH3 is 2. The summed E-state index contributed by atoms with van der Waals surface area (Å²) in [6.45, 7) is 1.83. The van der Waals surface area contributed by atoms with Crippen LogP contribution in [-0.4, -0.2) is 14.2 Å². The van der Waals surface area contributed by atoms with Crippen LogP contribution in [0.15, 0.2) is 18.2 Å². The molecule has 0 saturated heterocycles. The van der Waals surface area contributed by atoms with E-state index >= 15 is 0 Å². The molecule has 0 spiro atoms. The first-order valence-electron chi connectivity index (χ1n) is 5.84. The van der Waals surface area contributed by atoms with Crippen LogP contribution < -0.4 is 20.7 Å². The van der Waals surface area contributed by atoms with Gasteiger partial charge in [0.25, 0.3) is 0 Å². The van der Waals surface area contributed by atoms with E-state index in [4.69, 9.17) is 15.3 Å². The van der Waals surface area contributed by atoms with Crippen molar-refractivity contribution in [3.05, 3.63) is 23.8 Å².